The molecule has 0 spiro atoms. The smallest absolute Gasteiger partial charge is 0.109 e. The number of halogens is 1. The molecular weight excluding hydrogens is 342 g/mol. The van der Waals surface area contributed by atoms with E-state index >= 15 is 0 Å². The molecule has 0 aromatic carbocycles. The van der Waals surface area contributed by atoms with Gasteiger partial charge >= 0.3 is 0 Å². The van der Waals surface area contributed by atoms with E-state index in [1.54, 1.807) is 0 Å². The summed E-state index contributed by atoms with van der Waals surface area (Å²) in [6, 6.07) is 0. The fraction of sp³-hybridized carbons (Fsp3) is 1.00. The third-order valence-corrected chi connectivity index (χ3v) is 4.54. The molecule has 25 heavy (non-hydrogen) atoms. The van der Waals surface area contributed by atoms with Gasteiger partial charge < -0.3 is 25.7 Å². The molecule has 5 N–H and O–H groups in total. The third-order valence-electron chi connectivity index (χ3n) is 4.54. The summed E-state index contributed by atoms with van der Waals surface area (Å²) in [6.45, 7) is 2.74. The van der Waals surface area contributed by atoms with Crippen LogP contribution in [-0.2, 0) is 0 Å². The molecule has 0 bridgehead atoms. The van der Waals surface area contributed by atoms with Crippen LogP contribution in [0.15, 0.2) is 0 Å². The molecule has 0 aliphatic rings. The molecule has 154 valence electrons. The average molecular weight is 384 g/mol. The Balaban J connectivity index is 0. The standard InChI is InChI=1S/C19H41NO4.ClH/c1-2-3-4-5-6-7-8-9-10-11-12-13-14-20-15-17(22)19(24)18(23)16-21;/h17-24H,2-16H2,1H3;1H/t17-,18+,19-;/m0./s1. The first-order chi connectivity index (χ1) is 11.6. The van der Waals surface area contributed by atoms with Gasteiger partial charge in [0.05, 0.1) is 12.7 Å². The van der Waals surface area contributed by atoms with Crippen molar-refractivity contribution in [2.24, 2.45) is 0 Å². The maximum absolute atomic E-state index is 9.63. The van der Waals surface area contributed by atoms with E-state index in [0.717, 1.165) is 13.0 Å². The number of nitrogens with one attached hydrogen (secondary N) is 1. The summed E-state index contributed by atoms with van der Waals surface area (Å²) in [4.78, 5) is 0. The van der Waals surface area contributed by atoms with Crippen molar-refractivity contribution < 1.29 is 20.4 Å². The SMILES string of the molecule is CCCCCCCCCCCCCCNC[C@H](O)[C@H](O)[C@H](O)CO.Cl. The van der Waals surface area contributed by atoms with E-state index in [4.69, 9.17) is 5.11 Å². The Hall–Kier alpha value is 0.0900. The monoisotopic (exact) mass is 383 g/mol. The van der Waals surface area contributed by atoms with E-state index in [1.807, 2.05) is 0 Å². The predicted molar refractivity (Wildman–Crippen MR) is 106 cm³/mol. The lowest BCUT2D eigenvalue weighted by Gasteiger charge is -2.21. The van der Waals surface area contributed by atoms with Crippen molar-refractivity contribution in [1.29, 1.82) is 0 Å². The first-order valence-corrected chi connectivity index (χ1v) is 9.99. The lowest BCUT2D eigenvalue weighted by molar-refractivity contribution is -0.0749. The molecule has 0 unspecified atom stereocenters. The van der Waals surface area contributed by atoms with Crippen LogP contribution < -0.4 is 5.32 Å². The molecule has 0 aromatic rings. The van der Waals surface area contributed by atoms with Crippen molar-refractivity contribution in [3.8, 4) is 0 Å². The summed E-state index contributed by atoms with van der Waals surface area (Å²) in [5.41, 5.74) is 0. The third kappa shape index (κ3) is 17.3. The molecule has 0 aliphatic carbocycles. The van der Waals surface area contributed by atoms with Crippen molar-refractivity contribution in [3.63, 3.8) is 0 Å². The van der Waals surface area contributed by atoms with E-state index in [1.165, 1.54) is 70.6 Å². The van der Waals surface area contributed by atoms with E-state index in [9.17, 15) is 15.3 Å². The number of rotatable bonds is 18. The summed E-state index contributed by atoms with van der Waals surface area (Å²) in [5, 5.41) is 40.1. The van der Waals surface area contributed by atoms with Gasteiger partial charge in [0, 0.05) is 6.54 Å². The van der Waals surface area contributed by atoms with E-state index in [-0.39, 0.29) is 19.0 Å². The molecule has 0 heterocycles. The van der Waals surface area contributed by atoms with E-state index in [2.05, 4.69) is 12.2 Å². The highest BCUT2D eigenvalue weighted by atomic mass is 35.5. The van der Waals surface area contributed by atoms with Crippen LogP contribution in [0.5, 0.6) is 0 Å². The minimum absolute atomic E-state index is 0. The zero-order valence-electron chi connectivity index (χ0n) is 16.0. The van der Waals surface area contributed by atoms with Crippen molar-refractivity contribution in [3.05, 3.63) is 0 Å². The van der Waals surface area contributed by atoms with Crippen molar-refractivity contribution >= 4 is 12.4 Å². The summed E-state index contributed by atoms with van der Waals surface area (Å²) in [6.07, 6.45) is 12.1. The summed E-state index contributed by atoms with van der Waals surface area (Å²) < 4.78 is 0. The Bertz CT molecular complexity index is 260. The molecule has 0 amide bonds. The Morgan fingerprint density at radius 2 is 1.12 bits per heavy atom. The zero-order chi connectivity index (χ0) is 18.0. The fourth-order valence-corrected chi connectivity index (χ4v) is 2.83. The second-order valence-electron chi connectivity index (χ2n) is 6.90. The lowest BCUT2D eigenvalue weighted by Crippen LogP contribution is -2.44. The highest BCUT2D eigenvalue weighted by Gasteiger charge is 2.23. The van der Waals surface area contributed by atoms with Crippen LogP contribution in [0.4, 0.5) is 0 Å². The zero-order valence-corrected chi connectivity index (χ0v) is 16.9. The van der Waals surface area contributed by atoms with E-state index < -0.39 is 24.9 Å². The molecule has 0 rings (SSSR count). The number of aliphatic hydroxyl groups is 4. The molecule has 3 atom stereocenters. The molecule has 0 fully saturated rings. The minimum atomic E-state index is -1.30. The van der Waals surface area contributed by atoms with Crippen LogP contribution in [-0.4, -0.2) is 58.4 Å². The van der Waals surface area contributed by atoms with Crippen molar-refractivity contribution in [2.45, 2.75) is 102 Å². The fourth-order valence-electron chi connectivity index (χ4n) is 2.83. The van der Waals surface area contributed by atoms with Gasteiger partial charge in [-0.05, 0) is 13.0 Å². The van der Waals surface area contributed by atoms with Crippen LogP contribution in [0.2, 0.25) is 0 Å². The molecule has 0 aromatic heterocycles. The largest absolute Gasteiger partial charge is 0.394 e. The number of unbranched alkanes of at least 4 members (excludes halogenated alkanes) is 11. The van der Waals surface area contributed by atoms with Gasteiger partial charge in [-0.25, -0.2) is 0 Å². The maximum atomic E-state index is 9.63. The van der Waals surface area contributed by atoms with Crippen LogP contribution in [0, 0.1) is 0 Å². The van der Waals surface area contributed by atoms with Gasteiger partial charge in [0.1, 0.15) is 12.2 Å². The van der Waals surface area contributed by atoms with Crippen LogP contribution in [0.3, 0.4) is 0 Å². The highest BCUT2D eigenvalue weighted by molar-refractivity contribution is 5.85. The second kappa shape index (κ2) is 20.4. The normalized spacial score (nSPS) is 14.8. The molecule has 6 heteroatoms. The molecule has 0 saturated heterocycles. The Kier molecular flexibility index (Phi) is 22.3. The Labute approximate surface area is 160 Å². The van der Waals surface area contributed by atoms with Gasteiger partial charge in [0.25, 0.3) is 0 Å². The van der Waals surface area contributed by atoms with Gasteiger partial charge in [-0.3, -0.25) is 0 Å². The van der Waals surface area contributed by atoms with Gasteiger partial charge in [-0.2, -0.15) is 0 Å². The first-order valence-electron chi connectivity index (χ1n) is 9.99. The topological polar surface area (TPSA) is 93.0 Å². The number of hydrogen-bond acceptors (Lipinski definition) is 5. The molecule has 0 saturated carbocycles. The number of hydrogen-bond donors (Lipinski definition) is 5. The summed E-state index contributed by atoms with van der Waals surface area (Å²) in [7, 11) is 0. The molecule has 0 aliphatic heterocycles. The Morgan fingerprint density at radius 1 is 0.680 bits per heavy atom. The van der Waals surface area contributed by atoms with Crippen LogP contribution in [0.25, 0.3) is 0 Å². The van der Waals surface area contributed by atoms with Gasteiger partial charge in [-0.1, -0.05) is 77.6 Å². The summed E-state index contributed by atoms with van der Waals surface area (Å²) >= 11 is 0. The predicted octanol–water partition coefficient (Wildman–Crippen LogP) is 2.77. The summed E-state index contributed by atoms with van der Waals surface area (Å²) in [5.74, 6) is 0. The Morgan fingerprint density at radius 3 is 1.56 bits per heavy atom. The highest BCUT2D eigenvalue weighted by Crippen LogP contribution is 2.11. The average Bonchev–Trinajstić information content (AvgIpc) is 2.60. The van der Waals surface area contributed by atoms with E-state index in [0.29, 0.717) is 0 Å². The molecule has 5 nitrogen and oxygen atoms in total. The van der Waals surface area contributed by atoms with Crippen molar-refractivity contribution in [1.82, 2.24) is 5.32 Å². The maximum Gasteiger partial charge on any atom is 0.109 e. The van der Waals surface area contributed by atoms with Gasteiger partial charge in [0.15, 0.2) is 0 Å². The minimum Gasteiger partial charge on any atom is -0.394 e. The van der Waals surface area contributed by atoms with Gasteiger partial charge in [0.2, 0.25) is 0 Å². The second-order valence-corrected chi connectivity index (χ2v) is 6.90. The van der Waals surface area contributed by atoms with Crippen LogP contribution in [0.1, 0.15) is 84.0 Å². The lowest BCUT2D eigenvalue weighted by atomic mass is 10.1. The quantitative estimate of drug-likeness (QED) is 0.235. The number of aliphatic hydroxyl groups excluding tert-OH is 4. The van der Waals surface area contributed by atoms with Crippen molar-refractivity contribution in [2.75, 3.05) is 19.7 Å². The first kappa shape index (κ1) is 27.3. The van der Waals surface area contributed by atoms with Gasteiger partial charge in [-0.15, -0.1) is 12.4 Å². The van der Waals surface area contributed by atoms with Crippen LogP contribution >= 0.6 is 12.4 Å². The molecule has 0 radical (unpaired) electrons. The molecular formula is C19H42ClNO4.